The van der Waals surface area contributed by atoms with Crippen molar-refractivity contribution in [1.29, 1.82) is 0 Å². The molecule has 17 heavy (non-hydrogen) atoms. The van der Waals surface area contributed by atoms with Crippen LogP contribution >= 0.6 is 0 Å². The summed E-state index contributed by atoms with van der Waals surface area (Å²) in [6.07, 6.45) is 7.01. The number of amides is 1. The Morgan fingerprint density at radius 1 is 1.41 bits per heavy atom. The highest BCUT2D eigenvalue weighted by atomic mass is 16.1. The molecule has 0 saturated carbocycles. The van der Waals surface area contributed by atoms with E-state index in [9.17, 15) is 4.79 Å². The molecular weight excluding hydrogens is 216 g/mol. The lowest BCUT2D eigenvalue weighted by Gasteiger charge is -2.06. The maximum atomic E-state index is 11.1. The Morgan fingerprint density at radius 2 is 2.24 bits per heavy atom. The van der Waals surface area contributed by atoms with Crippen molar-refractivity contribution < 1.29 is 4.79 Å². The number of nitrogens with two attached hydrogens (primary N) is 1. The molecule has 0 radical (unpaired) electrons. The zero-order valence-corrected chi connectivity index (χ0v) is 9.63. The van der Waals surface area contributed by atoms with Gasteiger partial charge in [0.25, 0.3) is 0 Å². The fraction of sp³-hybridized carbons (Fsp3) is 0.250. The number of rotatable bonds is 4. The summed E-state index contributed by atoms with van der Waals surface area (Å²) in [4.78, 5) is 19.6. The number of hydrogen-bond acceptors (Lipinski definition) is 3. The molecule has 5 heteroatoms. The quantitative estimate of drug-likeness (QED) is 0.860. The van der Waals surface area contributed by atoms with Crippen LogP contribution in [0, 0.1) is 0 Å². The number of aromatic nitrogens is 3. The van der Waals surface area contributed by atoms with Gasteiger partial charge < -0.3 is 5.73 Å². The molecule has 0 fully saturated rings. The monoisotopic (exact) mass is 230 g/mol. The largest absolute Gasteiger partial charge is 0.366 e. The summed E-state index contributed by atoms with van der Waals surface area (Å²) >= 11 is 0. The van der Waals surface area contributed by atoms with Gasteiger partial charge in [0.2, 0.25) is 5.91 Å². The van der Waals surface area contributed by atoms with Crippen LogP contribution in [0.5, 0.6) is 0 Å². The smallest absolute Gasteiger partial charge is 0.248 e. The minimum absolute atomic E-state index is 0.450. The van der Waals surface area contributed by atoms with E-state index in [1.54, 1.807) is 24.5 Å². The van der Waals surface area contributed by atoms with Crippen molar-refractivity contribution in [2.75, 3.05) is 0 Å². The summed E-state index contributed by atoms with van der Waals surface area (Å²) in [6, 6.07) is 3.27. The number of imidazole rings is 1. The summed E-state index contributed by atoms with van der Waals surface area (Å²) in [5.74, 6) is 1.15. The van der Waals surface area contributed by atoms with E-state index in [0.29, 0.717) is 11.4 Å². The molecule has 5 nitrogen and oxygen atoms in total. The molecule has 0 aliphatic carbocycles. The molecule has 2 aromatic rings. The van der Waals surface area contributed by atoms with E-state index in [4.69, 9.17) is 5.73 Å². The second-order valence-electron chi connectivity index (χ2n) is 3.73. The highest BCUT2D eigenvalue weighted by molar-refractivity contribution is 5.93. The molecule has 0 spiro atoms. The van der Waals surface area contributed by atoms with Gasteiger partial charge in [0.1, 0.15) is 11.6 Å². The normalized spacial score (nSPS) is 10.4. The third kappa shape index (κ3) is 2.33. The molecule has 2 aromatic heterocycles. The van der Waals surface area contributed by atoms with Crippen LogP contribution in [0.15, 0.2) is 30.7 Å². The number of primary amides is 1. The second kappa shape index (κ2) is 4.78. The first kappa shape index (κ1) is 11.3. The molecule has 2 heterocycles. The summed E-state index contributed by atoms with van der Waals surface area (Å²) in [5, 5.41) is 0. The van der Waals surface area contributed by atoms with Gasteiger partial charge in [-0.25, -0.2) is 9.97 Å². The molecular formula is C12H14N4O. The number of hydrogen-bond donors (Lipinski definition) is 1. The van der Waals surface area contributed by atoms with Crippen molar-refractivity contribution in [1.82, 2.24) is 14.5 Å². The van der Waals surface area contributed by atoms with Crippen LogP contribution in [-0.2, 0) is 6.42 Å². The minimum Gasteiger partial charge on any atom is -0.366 e. The van der Waals surface area contributed by atoms with Gasteiger partial charge in [0.05, 0.1) is 0 Å². The first-order valence-electron chi connectivity index (χ1n) is 5.51. The molecule has 0 aliphatic heterocycles. The first-order valence-corrected chi connectivity index (χ1v) is 5.51. The van der Waals surface area contributed by atoms with E-state index in [-0.39, 0.29) is 0 Å². The first-order chi connectivity index (χ1) is 8.22. The summed E-state index contributed by atoms with van der Waals surface area (Å²) in [7, 11) is 0. The predicted molar refractivity (Wildman–Crippen MR) is 63.9 cm³/mol. The van der Waals surface area contributed by atoms with Crippen LogP contribution in [0.4, 0.5) is 0 Å². The van der Waals surface area contributed by atoms with Crippen molar-refractivity contribution >= 4 is 5.91 Å². The van der Waals surface area contributed by atoms with Gasteiger partial charge in [-0.15, -0.1) is 0 Å². The Labute approximate surface area is 99.3 Å². The number of pyridine rings is 1. The van der Waals surface area contributed by atoms with E-state index >= 15 is 0 Å². The van der Waals surface area contributed by atoms with Gasteiger partial charge in [-0.05, 0) is 18.6 Å². The molecule has 2 rings (SSSR count). The fourth-order valence-corrected chi connectivity index (χ4v) is 1.65. The second-order valence-corrected chi connectivity index (χ2v) is 3.73. The van der Waals surface area contributed by atoms with E-state index in [1.807, 2.05) is 10.8 Å². The van der Waals surface area contributed by atoms with Gasteiger partial charge >= 0.3 is 0 Å². The molecule has 0 atom stereocenters. The van der Waals surface area contributed by atoms with Crippen LogP contribution in [0.2, 0.25) is 0 Å². The van der Waals surface area contributed by atoms with E-state index < -0.39 is 5.91 Å². The lowest BCUT2D eigenvalue weighted by Crippen LogP contribution is -2.12. The molecule has 0 unspecified atom stereocenters. The Morgan fingerprint density at radius 3 is 2.94 bits per heavy atom. The molecule has 1 amide bonds. The zero-order chi connectivity index (χ0) is 12.3. The number of nitrogens with zero attached hydrogens (tertiary/aromatic N) is 3. The van der Waals surface area contributed by atoms with Gasteiger partial charge in [-0.1, -0.05) is 6.92 Å². The van der Waals surface area contributed by atoms with E-state index in [1.165, 1.54) is 0 Å². The fourth-order valence-electron chi connectivity index (χ4n) is 1.65. The Bertz CT molecular complexity index is 533. The van der Waals surface area contributed by atoms with Gasteiger partial charge in [-0.3, -0.25) is 9.36 Å². The van der Waals surface area contributed by atoms with Crippen molar-refractivity contribution in [3.05, 3.63) is 42.1 Å². The average Bonchev–Trinajstić information content (AvgIpc) is 2.78. The van der Waals surface area contributed by atoms with E-state index in [0.717, 1.165) is 18.7 Å². The van der Waals surface area contributed by atoms with Crippen LogP contribution in [-0.4, -0.2) is 20.4 Å². The van der Waals surface area contributed by atoms with Crippen LogP contribution in [0.1, 0.15) is 29.5 Å². The molecule has 0 bridgehead atoms. The standard InChI is InChI=1S/C12H14N4O/c1-2-3-10-15-6-7-16(10)11-8-9(12(13)17)4-5-14-11/h4-8H,2-3H2,1H3,(H2,13,17). The molecule has 0 aromatic carbocycles. The molecule has 2 N–H and O–H groups in total. The number of aryl methyl sites for hydroxylation is 1. The van der Waals surface area contributed by atoms with Crippen molar-refractivity contribution in [3.8, 4) is 5.82 Å². The van der Waals surface area contributed by atoms with Crippen molar-refractivity contribution in [3.63, 3.8) is 0 Å². The predicted octanol–water partition coefficient (Wildman–Crippen LogP) is 1.32. The van der Waals surface area contributed by atoms with Crippen molar-refractivity contribution in [2.45, 2.75) is 19.8 Å². The lowest BCUT2D eigenvalue weighted by molar-refractivity contribution is 0.1000. The molecule has 0 saturated heterocycles. The third-order valence-corrected chi connectivity index (χ3v) is 2.47. The lowest BCUT2D eigenvalue weighted by atomic mass is 10.2. The van der Waals surface area contributed by atoms with Gasteiger partial charge in [0, 0.05) is 30.6 Å². The summed E-state index contributed by atoms with van der Waals surface area (Å²) in [5.41, 5.74) is 5.69. The zero-order valence-electron chi connectivity index (χ0n) is 9.63. The van der Waals surface area contributed by atoms with Gasteiger partial charge in [0.15, 0.2) is 0 Å². The van der Waals surface area contributed by atoms with Crippen LogP contribution in [0.25, 0.3) is 5.82 Å². The number of carbonyl (C=O) groups excluding carboxylic acids is 1. The topological polar surface area (TPSA) is 73.8 Å². The average molecular weight is 230 g/mol. The van der Waals surface area contributed by atoms with Gasteiger partial charge in [-0.2, -0.15) is 0 Å². The Balaban J connectivity index is 2.42. The van der Waals surface area contributed by atoms with Crippen molar-refractivity contribution in [2.24, 2.45) is 5.73 Å². The maximum Gasteiger partial charge on any atom is 0.248 e. The summed E-state index contributed by atoms with van der Waals surface area (Å²) < 4.78 is 1.87. The van der Waals surface area contributed by atoms with Crippen LogP contribution < -0.4 is 5.73 Å². The minimum atomic E-state index is -0.453. The van der Waals surface area contributed by atoms with Crippen LogP contribution in [0.3, 0.4) is 0 Å². The molecule has 0 aliphatic rings. The molecule has 88 valence electrons. The maximum absolute atomic E-state index is 11.1. The third-order valence-electron chi connectivity index (χ3n) is 2.47. The highest BCUT2D eigenvalue weighted by Gasteiger charge is 2.07. The highest BCUT2D eigenvalue weighted by Crippen LogP contribution is 2.11. The number of carbonyl (C=O) groups is 1. The Kier molecular flexibility index (Phi) is 3.18. The SMILES string of the molecule is CCCc1nccn1-c1cc(C(N)=O)ccn1. The Hall–Kier alpha value is -2.17. The summed E-state index contributed by atoms with van der Waals surface area (Å²) in [6.45, 7) is 2.09. The van der Waals surface area contributed by atoms with E-state index in [2.05, 4.69) is 16.9 Å².